The Morgan fingerprint density at radius 3 is 2.75 bits per heavy atom. The maximum atomic E-state index is 13.4. The number of thioether (sulfide) groups is 1. The summed E-state index contributed by atoms with van der Waals surface area (Å²) in [6, 6.07) is 7.48. The molecule has 9 heteroatoms. The van der Waals surface area contributed by atoms with Crippen LogP contribution in [-0.2, 0) is 14.3 Å². The van der Waals surface area contributed by atoms with Gasteiger partial charge in [0.05, 0.1) is 15.8 Å². The molecule has 0 fully saturated rings. The fraction of sp³-hybridized carbons (Fsp3) is 0.133. The number of nitrogens with zero attached hydrogens (tertiary/aromatic N) is 1. The minimum absolute atomic E-state index is 0.114. The second kappa shape index (κ2) is 8.86. The zero-order chi connectivity index (χ0) is 17.5. The molecule has 5 nitrogen and oxygen atoms in total. The molecule has 0 radical (unpaired) electrons. The molecule has 1 amide bonds. The molecule has 0 saturated heterocycles. The highest BCUT2D eigenvalue weighted by molar-refractivity contribution is 8.00. The van der Waals surface area contributed by atoms with Crippen LogP contribution < -0.4 is 5.32 Å². The number of hydrogen-bond donors (Lipinski definition) is 1. The zero-order valence-electron chi connectivity index (χ0n) is 12.1. The van der Waals surface area contributed by atoms with E-state index in [4.69, 9.17) is 27.9 Å². The molecule has 0 aliphatic carbocycles. The largest absolute Gasteiger partial charge is 0.455 e. The lowest BCUT2D eigenvalue weighted by Gasteiger charge is -2.07. The molecule has 2 aromatic rings. The number of halogens is 3. The monoisotopic (exact) mass is 388 g/mol. The molecular weight excluding hydrogens is 378 g/mol. The van der Waals surface area contributed by atoms with Crippen LogP contribution in [0.1, 0.15) is 0 Å². The molecule has 1 aromatic carbocycles. The summed E-state index contributed by atoms with van der Waals surface area (Å²) in [5.41, 5.74) is 0. The van der Waals surface area contributed by atoms with Gasteiger partial charge in [-0.1, -0.05) is 35.3 Å². The Bertz CT molecular complexity index is 761. The third-order valence-corrected chi connectivity index (χ3v) is 4.13. The van der Waals surface area contributed by atoms with Crippen LogP contribution in [0, 0.1) is 5.82 Å². The number of benzene rings is 1. The summed E-state index contributed by atoms with van der Waals surface area (Å²) in [4.78, 5) is 27.5. The first-order chi connectivity index (χ1) is 11.5. The van der Waals surface area contributed by atoms with Crippen LogP contribution >= 0.6 is 35.0 Å². The zero-order valence-corrected chi connectivity index (χ0v) is 14.4. The smallest absolute Gasteiger partial charge is 0.316 e. The molecule has 0 aliphatic heterocycles. The molecule has 1 aromatic heterocycles. The summed E-state index contributed by atoms with van der Waals surface area (Å²) in [6.45, 7) is -0.503. The van der Waals surface area contributed by atoms with Crippen molar-refractivity contribution in [2.24, 2.45) is 0 Å². The minimum atomic E-state index is -0.645. The predicted octanol–water partition coefficient (Wildman–Crippen LogP) is 3.80. The predicted molar refractivity (Wildman–Crippen MR) is 91.0 cm³/mol. The van der Waals surface area contributed by atoms with Gasteiger partial charge in [-0.25, -0.2) is 9.37 Å². The second-order valence-electron chi connectivity index (χ2n) is 4.41. The number of carbonyl (C=O) groups excluding carboxylic acids is 2. The molecule has 1 heterocycles. The van der Waals surface area contributed by atoms with Crippen LogP contribution in [0.4, 0.5) is 10.2 Å². The van der Waals surface area contributed by atoms with Gasteiger partial charge in [0.25, 0.3) is 5.91 Å². The molecule has 0 spiro atoms. The molecule has 0 atom stereocenters. The van der Waals surface area contributed by atoms with E-state index in [1.54, 1.807) is 18.2 Å². The van der Waals surface area contributed by atoms with Gasteiger partial charge in [-0.05, 0) is 18.2 Å². The molecule has 0 unspecified atom stereocenters. The average molecular weight is 389 g/mol. The van der Waals surface area contributed by atoms with E-state index in [1.165, 1.54) is 18.3 Å². The van der Waals surface area contributed by atoms with E-state index in [-0.39, 0.29) is 16.6 Å². The number of ether oxygens (including phenoxy) is 1. The van der Waals surface area contributed by atoms with Crippen molar-refractivity contribution in [3.8, 4) is 0 Å². The molecule has 126 valence electrons. The average Bonchev–Trinajstić information content (AvgIpc) is 2.55. The molecule has 0 aliphatic rings. The van der Waals surface area contributed by atoms with E-state index in [0.717, 1.165) is 11.8 Å². The molecule has 24 heavy (non-hydrogen) atoms. The van der Waals surface area contributed by atoms with Gasteiger partial charge in [0.1, 0.15) is 5.82 Å². The van der Waals surface area contributed by atoms with Crippen LogP contribution in [0.3, 0.4) is 0 Å². The number of esters is 1. The number of hydrogen-bond acceptors (Lipinski definition) is 5. The van der Waals surface area contributed by atoms with Crippen molar-refractivity contribution < 1.29 is 18.7 Å². The minimum Gasteiger partial charge on any atom is -0.455 e. The van der Waals surface area contributed by atoms with Gasteiger partial charge in [-0.3, -0.25) is 9.59 Å². The topological polar surface area (TPSA) is 68.3 Å². The Hall–Kier alpha value is -1.83. The summed E-state index contributed by atoms with van der Waals surface area (Å²) in [7, 11) is 0. The van der Waals surface area contributed by atoms with E-state index in [1.807, 2.05) is 0 Å². The Kier molecular flexibility index (Phi) is 6.84. The van der Waals surface area contributed by atoms with Gasteiger partial charge < -0.3 is 10.1 Å². The van der Waals surface area contributed by atoms with E-state index in [0.29, 0.717) is 9.92 Å². The van der Waals surface area contributed by atoms with Crippen LogP contribution in [0.25, 0.3) is 0 Å². The lowest BCUT2D eigenvalue weighted by Crippen LogP contribution is -2.22. The van der Waals surface area contributed by atoms with Crippen LogP contribution in [0.2, 0.25) is 10.0 Å². The van der Waals surface area contributed by atoms with Crippen LogP contribution in [0.15, 0.2) is 41.4 Å². The Morgan fingerprint density at radius 1 is 1.29 bits per heavy atom. The van der Waals surface area contributed by atoms with E-state index < -0.39 is 24.3 Å². The third kappa shape index (κ3) is 5.67. The first-order valence-electron chi connectivity index (χ1n) is 6.59. The van der Waals surface area contributed by atoms with Crippen molar-refractivity contribution in [3.05, 3.63) is 52.4 Å². The van der Waals surface area contributed by atoms with Gasteiger partial charge in [-0.2, -0.15) is 0 Å². The van der Waals surface area contributed by atoms with Crippen LogP contribution in [-0.4, -0.2) is 29.2 Å². The first-order valence-corrected chi connectivity index (χ1v) is 8.33. The molecule has 0 saturated carbocycles. The lowest BCUT2D eigenvalue weighted by atomic mass is 10.3. The number of nitrogens with one attached hydrogen (secondary N) is 1. The third-order valence-electron chi connectivity index (χ3n) is 2.61. The number of pyridine rings is 1. The lowest BCUT2D eigenvalue weighted by molar-refractivity contribution is -0.144. The second-order valence-corrected chi connectivity index (χ2v) is 6.27. The van der Waals surface area contributed by atoms with Crippen molar-refractivity contribution >= 4 is 52.7 Å². The standard InChI is InChI=1S/C15H11Cl2FN2O3S/c16-9-5-10(17)15(19-6-9)20-13(21)7-23-14(22)8-24-12-4-2-1-3-11(12)18/h1-6H,7-8H2,(H,19,20,21). The van der Waals surface area contributed by atoms with Crippen molar-refractivity contribution in [1.29, 1.82) is 0 Å². The van der Waals surface area contributed by atoms with Crippen molar-refractivity contribution in [2.45, 2.75) is 4.90 Å². The van der Waals surface area contributed by atoms with Gasteiger partial charge in [-0.15, -0.1) is 11.8 Å². The number of amides is 1. The van der Waals surface area contributed by atoms with E-state index in [2.05, 4.69) is 10.3 Å². The van der Waals surface area contributed by atoms with Gasteiger partial charge >= 0.3 is 5.97 Å². The SMILES string of the molecule is O=C(COC(=O)CSc1ccccc1F)Nc1ncc(Cl)cc1Cl. The highest BCUT2D eigenvalue weighted by atomic mass is 35.5. The van der Waals surface area contributed by atoms with Gasteiger partial charge in [0.15, 0.2) is 12.4 Å². The Balaban J connectivity index is 1.77. The number of carbonyl (C=O) groups is 2. The highest BCUT2D eigenvalue weighted by Crippen LogP contribution is 2.23. The highest BCUT2D eigenvalue weighted by Gasteiger charge is 2.12. The Morgan fingerprint density at radius 2 is 2.04 bits per heavy atom. The van der Waals surface area contributed by atoms with Crippen molar-refractivity contribution in [1.82, 2.24) is 4.98 Å². The molecular formula is C15H11Cl2FN2O3S. The summed E-state index contributed by atoms with van der Waals surface area (Å²) in [6.07, 6.45) is 1.32. The number of aromatic nitrogens is 1. The van der Waals surface area contributed by atoms with Gasteiger partial charge in [0, 0.05) is 11.1 Å². The molecule has 2 rings (SSSR count). The van der Waals surface area contributed by atoms with Gasteiger partial charge in [0.2, 0.25) is 0 Å². The summed E-state index contributed by atoms with van der Waals surface area (Å²) in [5.74, 6) is -1.67. The normalized spacial score (nSPS) is 10.3. The first kappa shape index (κ1) is 18.5. The quantitative estimate of drug-likeness (QED) is 0.601. The fourth-order valence-electron chi connectivity index (χ4n) is 1.56. The van der Waals surface area contributed by atoms with Crippen LogP contribution in [0.5, 0.6) is 0 Å². The van der Waals surface area contributed by atoms with Crippen molar-refractivity contribution in [2.75, 3.05) is 17.7 Å². The fourth-order valence-corrected chi connectivity index (χ4v) is 2.73. The van der Waals surface area contributed by atoms with E-state index >= 15 is 0 Å². The molecule has 0 bridgehead atoms. The molecule has 1 N–H and O–H groups in total. The maximum absolute atomic E-state index is 13.4. The summed E-state index contributed by atoms with van der Waals surface area (Å²) >= 11 is 12.5. The summed E-state index contributed by atoms with van der Waals surface area (Å²) in [5, 5.41) is 2.88. The van der Waals surface area contributed by atoms with Crippen molar-refractivity contribution in [3.63, 3.8) is 0 Å². The number of anilines is 1. The number of rotatable bonds is 6. The van der Waals surface area contributed by atoms with E-state index in [9.17, 15) is 14.0 Å². The maximum Gasteiger partial charge on any atom is 0.316 e. The Labute approximate surface area is 151 Å². The summed E-state index contributed by atoms with van der Waals surface area (Å²) < 4.78 is 18.2.